The number of piperidine rings is 1. The number of hydrogen-bond donors (Lipinski definition) is 1. The highest BCUT2D eigenvalue weighted by Gasteiger charge is 2.56. The molecule has 6 rings (SSSR count). The number of carbonyl (C=O) groups is 3. The zero-order valence-electron chi connectivity index (χ0n) is 22.7. The number of pyridine rings is 1. The summed E-state index contributed by atoms with van der Waals surface area (Å²) in [4.78, 5) is 54.1. The minimum atomic E-state index is -0.656. The van der Waals surface area contributed by atoms with Gasteiger partial charge in [0.05, 0.1) is 21.9 Å². The molecule has 0 bridgehead atoms. The molecule has 3 aromatic heterocycles. The van der Waals surface area contributed by atoms with Gasteiger partial charge in [-0.15, -0.1) is 0 Å². The Bertz CT molecular complexity index is 1720. The average Bonchev–Trinajstić information content (AvgIpc) is 3.44. The van der Waals surface area contributed by atoms with E-state index < -0.39 is 11.9 Å². The molecule has 1 aliphatic heterocycles. The van der Waals surface area contributed by atoms with Gasteiger partial charge < -0.3 is 10.2 Å². The highest BCUT2D eigenvalue weighted by molar-refractivity contribution is 6.30. The van der Waals surface area contributed by atoms with Crippen molar-refractivity contribution in [2.24, 2.45) is 11.8 Å². The van der Waals surface area contributed by atoms with E-state index in [1.807, 2.05) is 0 Å². The van der Waals surface area contributed by atoms with Gasteiger partial charge in [-0.05, 0) is 44.2 Å². The zero-order chi connectivity index (χ0) is 29.0. The summed E-state index contributed by atoms with van der Waals surface area (Å²) in [5.41, 5.74) is 2.95. The lowest BCUT2D eigenvalue weighted by molar-refractivity contribution is -0.140. The molecule has 41 heavy (non-hydrogen) atoms. The van der Waals surface area contributed by atoms with E-state index >= 15 is 0 Å². The summed E-state index contributed by atoms with van der Waals surface area (Å²) in [6.45, 7) is 5.27. The number of benzene rings is 1. The number of ketones is 1. The summed E-state index contributed by atoms with van der Waals surface area (Å²) in [5, 5.41) is 7.84. The summed E-state index contributed by atoms with van der Waals surface area (Å²) in [5.74, 6) is -0.500. The molecule has 1 saturated heterocycles. The summed E-state index contributed by atoms with van der Waals surface area (Å²) in [6, 6.07) is 5.73. The van der Waals surface area contributed by atoms with Crippen molar-refractivity contribution in [2.75, 3.05) is 6.54 Å². The fourth-order valence-corrected chi connectivity index (χ4v) is 5.89. The maximum atomic E-state index is 14.3. The Balaban J connectivity index is 1.25. The van der Waals surface area contributed by atoms with Crippen LogP contribution in [0.15, 0.2) is 36.7 Å². The topological polar surface area (TPSA) is 123 Å². The Labute approximate surface area is 239 Å². The van der Waals surface area contributed by atoms with Crippen molar-refractivity contribution in [1.82, 2.24) is 34.9 Å². The van der Waals surface area contributed by atoms with Crippen molar-refractivity contribution >= 4 is 40.1 Å². The van der Waals surface area contributed by atoms with Crippen LogP contribution in [0, 0.1) is 31.5 Å². The number of Topliss-reactive ketones (excluding diaryl/α,β-unsaturated/α-hetero) is 1. The van der Waals surface area contributed by atoms with Gasteiger partial charge in [-0.2, -0.15) is 5.10 Å². The van der Waals surface area contributed by atoms with E-state index in [0.29, 0.717) is 40.2 Å². The molecule has 1 saturated carbocycles. The third-order valence-electron chi connectivity index (χ3n) is 7.82. The van der Waals surface area contributed by atoms with Crippen molar-refractivity contribution in [3.63, 3.8) is 0 Å². The van der Waals surface area contributed by atoms with E-state index in [2.05, 4.69) is 25.4 Å². The number of fused-ring (bicyclic) bond motifs is 2. The van der Waals surface area contributed by atoms with E-state index in [9.17, 15) is 18.8 Å². The van der Waals surface area contributed by atoms with Crippen LogP contribution in [0.2, 0.25) is 5.02 Å². The Kier molecular flexibility index (Phi) is 6.77. The average molecular weight is 576 g/mol. The van der Waals surface area contributed by atoms with Crippen molar-refractivity contribution in [3.05, 3.63) is 70.3 Å². The number of aryl methyl sites for hydroxylation is 2. The van der Waals surface area contributed by atoms with Crippen molar-refractivity contribution in [1.29, 1.82) is 0 Å². The van der Waals surface area contributed by atoms with Crippen molar-refractivity contribution < 1.29 is 18.8 Å². The number of nitrogens with zero attached hydrogens (tertiary/aromatic N) is 6. The van der Waals surface area contributed by atoms with Crippen molar-refractivity contribution in [3.8, 4) is 11.3 Å². The number of rotatable bonds is 7. The normalized spacial score (nSPS) is 19.3. The standard InChI is InChI=1S/C29H27ClFN7O3/c1-14-27-21(8-23(35-14)19-10-32-16(3)33-11-19)26(15(2)39)36-38(27)13-24(40)37-12-18-7-20(18)28(37)29(41)34-9-17-5-4-6-22(30)25(17)31/h4-6,8,10-11,18,20,28H,7,9,12-13H2,1-3H3,(H,34,41)/t18-,20-,28+/m1/s1. The summed E-state index contributed by atoms with van der Waals surface area (Å²) < 4.78 is 15.8. The molecule has 0 spiro atoms. The molecule has 1 N–H and O–H groups in total. The summed E-state index contributed by atoms with van der Waals surface area (Å²) in [6.07, 6.45) is 4.20. The molecule has 0 unspecified atom stereocenters. The van der Waals surface area contributed by atoms with Crippen LogP contribution in [-0.2, 0) is 22.7 Å². The molecule has 4 heterocycles. The van der Waals surface area contributed by atoms with E-state index in [0.717, 1.165) is 6.42 Å². The Morgan fingerprint density at radius 1 is 1.17 bits per heavy atom. The van der Waals surface area contributed by atoms with Crippen LogP contribution in [0.25, 0.3) is 22.2 Å². The molecule has 12 heteroatoms. The molecule has 4 aromatic rings. The first-order valence-electron chi connectivity index (χ1n) is 13.3. The van der Waals surface area contributed by atoms with Crippen LogP contribution in [0.5, 0.6) is 0 Å². The van der Waals surface area contributed by atoms with E-state index in [1.165, 1.54) is 17.7 Å². The Morgan fingerprint density at radius 3 is 2.66 bits per heavy atom. The SMILES string of the molecule is CC(=O)c1nn(CC(=O)N2C[C@H]3C[C@H]3[C@H]2C(=O)NCc2cccc(Cl)c2F)c2c(C)nc(-c3cnc(C)nc3)cc12. The maximum absolute atomic E-state index is 14.3. The first-order chi connectivity index (χ1) is 19.6. The number of nitrogens with one attached hydrogen (secondary N) is 1. The molecule has 10 nitrogen and oxygen atoms in total. The molecule has 2 aliphatic rings. The number of carbonyl (C=O) groups excluding carboxylic acids is 3. The van der Waals surface area contributed by atoms with Crippen molar-refractivity contribution in [2.45, 2.75) is 46.3 Å². The lowest BCUT2D eigenvalue weighted by Crippen LogP contribution is -2.49. The number of amides is 2. The zero-order valence-corrected chi connectivity index (χ0v) is 23.4. The summed E-state index contributed by atoms with van der Waals surface area (Å²) >= 11 is 5.87. The second kappa shape index (κ2) is 10.3. The Morgan fingerprint density at radius 2 is 1.93 bits per heavy atom. The number of halogens is 2. The van der Waals surface area contributed by atoms with Crippen LogP contribution >= 0.6 is 11.6 Å². The Hall–Kier alpha value is -4.25. The first kappa shape index (κ1) is 26.9. The molecular formula is C29H27ClFN7O3. The minimum absolute atomic E-state index is 0.0165. The fraction of sp³-hybridized carbons (Fsp3) is 0.345. The van der Waals surface area contributed by atoms with Gasteiger partial charge in [0, 0.05) is 48.9 Å². The monoisotopic (exact) mass is 575 g/mol. The van der Waals surface area contributed by atoms with E-state index in [1.54, 1.807) is 49.3 Å². The van der Waals surface area contributed by atoms with Gasteiger partial charge in [0.25, 0.3) is 0 Å². The predicted molar refractivity (Wildman–Crippen MR) is 148 cm³/mol. The van der Waals surface area contributed by atoms with Gasteiger partial charge in [0.2, 0.25) is 11.8 Å². The van der Waals surface area contributed by atoms with Gasteiger partial charge in [0.1, 0.15) is 29.9 Å². The lowest BCUT2D eigenvalue weighted by Gasteiger charge is -2.27. The smallest absolute Gasteiger partial charge is 0.245 e. The maximum Gasteiger partial charge on any atom is 0.245 e. The highest BCUT2D eigenvalue weighted by atomic mass is 35.5. The van der Waals surface area contributed by atoms with E-state index in [4.69, 9.17) is 11.6 Å². The van der Waals surface area contributed by atoms with E-state index in [-0.39, 0.29) is 58.8 Å². The first-order valence-corrected chi connectivity index (χ1v) is 13.7. The van der Waals surface area contributed by atoms with Crippen LogP contribution < -0.4 is 5.32 Å². The van der Waals surface area contributed by atoms with Gasteiger partial charge in [-0.25, -0.2) is 14.4 Å². The van der Waals surface area contributed by atoms with Crippen LogP contribution in [0.4, 0.5) is 4.39 Å². The third kappa shape index (κ3) is 4.94. The number of likely N-dealkylation sites (tertiary alicyclic amines) is 1. The van der Waals surface area contributed by atoms with Gasteiger partial charge >= 0.3 is 0 Å². The number of hydrogen-bond acceptors (Lipinski definition) is 7. The largest absolute Gasteiger partial charge is 0.350 e. The molecule has 0 radical (unpaired) electrons. The highest BCUT2D eigenvalue weighted by Crippen LogP contribution is 2.49. The molecule has 1 aliphatic carbocycles. The predicted octanol–water partition coefficient (Wildman–Crippen LogP) is 3.66. The number of aromatic nitrogens is 5. The third-order valence-corrected chi connectivity index (χ3v) is 8.11. The van der Waals surface area contributed by atoms with Gasteiger partial charge in [-0.3, -0.25) is 24.0 Å². The molecule has 2 amide bonds. The molecular weight excluding hydrogens is 549 g/mol. The van der Waals surface area contributed by atoms with Crippen LogP contribution in [0.3, 0.4) is 0 Å². The van der Waals surface area contributed by atoms with Crippen LogP contribution in [-0.4, -0.2) is 59.8 Å². The molecule has 3 atom stereocenters. The second-order valence-electron chi connectivity index (χ2n) is 10.7. The lowest BCUT2D eigenvalue weighted by atomic mass is 10.1. The van der Waals surface area contributed by atoms with Gasteiger partial charge in [0.15, 0.2) is 5.78 Å². The van der Waals surface area contributed by atoms with Crippen LogP contribution in [0.1, 0.15) is 40.9 Å². The fourth-order valence-electron chi connectivity index (χ4n) is 5.69. The molecule has 1 aromatic carbocycles. The summed E-state index contributed by atoms with van der Waals surface area (Å²) in [7, 11) is 0. The van der Waals surface area contributed by atoms with Gasteiger partial charge in [-0.1, -0.05) is 23.7 Å². The molecule has 2 fully saturated rings. The molecule has 210 valence electrons. The quantitative estimate of drug-likeness (QED) is 0.334. The second-order valence-corrected chi connectivity index (χ2v) is 11.1. The minimum Gasteiger partial charge on any atom is -0.350 e.